The lowest BCUT2D eigenvalue weighted by Crippen LogP contribution is -2.43. The summed E-state index contributed by atoms with van der Waals surface area (Å²) in [5.74, 6) is 0.196. The van der Waals surface area contributed by atoms with Crippen molar-refractivity contribution in [2.75, 3.05) is 6.54 Å². The predicted octanol–water partition coefficient (Wildman–Crippen LogP) is 5.94. The SMILES string of the molecule is CCCCCCCC(=O)N(CC(=O)N(Cc1ccccc1)Cc1sccc1C)C1CC1. The standard InChI is InChI=1S/C26H36N2O2S/c1-3-4-5-6-10-13-25(29)28(23-14-15-23)20-26(30)27(18-22-11-8-7-9-12-22)19-24-21(2)16-17-31-24/h7-9,11-12,16-17,23H,3-6,10,13-15,18-20H2,1-2H3. The molecule has 2 amide bonds. The first-order valence-electron chi connectivity index (χ1n) is 11.7. The third kappa shape index (κ3) is 7.49. The molecule has 1 aliphatic carbocycles. The fraction of sp³-hybridized carbons (Fsp3) is 0.538. The summed E-state index contributed by atoms with van der Waals surface area (Å²) in [5.41, 5.74) is 2.34. The molecule has 31 heavy (non-hydrogen) atoms. The van der Waals surface area contributed by atoms with E-state index < -0.39 is 0 Å². The summed E-state index contributed by atoms with van der Waals surface area (Å²) in [6, 6.07) is 12.5. The van der Waals surface area contributed by atoms with Crippen LogP contribution in [0.25, 0.3) is 0 Å². The molecule has 0 saturated heterocycles. The molecule has 0 radical (unpaired) electrons. The van der Waals surface area contributed by atoms with Crippen LogP contribution in [0, 0.1) is 6.92 Å². The number of carbonyl (C=O) groups excluding carboxylic acids is 2. The van der Waals surface area contributed by atoms with Gasteiger partial charge in [0.2, 0.25) is 11.8 Å². The molecule has 168 valence electrons. The van der Waals surface area contributed by atoms with Gasteiger partial charge >= 0.3 is 0 Å². The van der Waals surface area contributed by atoms with Crippen molar-refractivity contribution in [3.05, 3.63) is 57.8 Å². The summed E-state index contributed by atoms with van der Waals surface area (Å²) in [7, 11) is 0. The third-order valence-corrected chi connectivity index (χ3v) is 6.99. The summed E-state index contributed by atoms with van der Waals surface area (Å²) in [6.07, 6.45) is 8.28. The van der Waals surface area contributed by atoms with Gasteiger partial charge in [-0.05, 0) is 48.8 Å². The minimum Gasteiger partial charge on any atom is -0.332 e. The lowest BCUT2D eigenvalue weighted by atomic mass is 10.1. The van der Waals surface area contributed by atoms with E-state index in [2.05, 4.69) is 37.4 Å². The Balaban J connectivity index is 1.64. The lowest BCUT2D eigenvalue weighted by Gasteiger charge is -2.28. The lowest BCUT2D eigenvalue weighted by molar-refractivity contribution is -0.141. The van der Waals surface area contributed by atoms with E-state index in [1.807, 2.05) is 28.0 Å². The maximum atomic E-state index is 13.4. The Hall–Kier alpha value is -2.14. The second kappa shape index (κ2) is 12.0. The molecule has 1 saturated carbocycles. The first-order valence-corrected chi connectivity index (χ1v) is 12.6. The Labute approximate surface area is 191 Å². The molecule has 0 bridgehead atoms. The Morgan fingerprint density at radius 3 is 2.35 bits per heavy atom. The minimum absolute atomic E-state index is 0.0443. The molecule has 0 spiro atoms. The van der Waals surface area contributed by atoms with E-state index in [-0.39, 0.29) is 24.4 Å². The van der Waals surface area contributed by atoms with E-state index in [1.54, 1.807) is 11.3 Å². The second-order valence-electron chi connectivity index (χ2n) is 8.68. The van der Waals surface area contributed by atoms with Crippen LogP contribution in [-0.2, 0) is 22.7 Å². The number of carbonyl (C=O) groups is 2. The molecule has 2 aromatic rings. The highest BCUT2D eigenvalue weighted by molar-refractivity contribution is 7.10. The van der Waals surface area contributed by atoms with E-state index >= 15 is 0 Å². The smallest absolute Gasteiger partial charge is 0.242 e. The average molecular weight is 441 g/mol. The van der Waals surface area contributed by atoms with Crippen LogP contribution in [0.15, 0.2) is 41.8 Å². The van der Waals surface area contributed by atoms with Crippen LogP contribution in [0.4, 0.5) is 0 Å². The third-order valence-electron chi connectivity index (χ3n) is 5.98. The zero-order valence-corrected chi connectivity index (χ0v) is 19.8. The molecule has 0 aliphatic heterocycles. The maximum absolute atomic E-state index is 13.4. The van der Waals surface area contributed by atoms with Gasteiger partial charge in [-0.1, -0.05) is 62.9 Å². The monoisotopic (exact) mass is 440 g/mol. The van der Waals surface area contributed by atoms with Gasteiger partial charge in [0.25, 0.3) is 0 Å². The number of aryl methyl sites for hydroxylation is 1. The van der Waals surface area contributed by atoms with E-state index in [0.717, 1.165) is 31.2 Å². The van der Waals surface area contributed by atoms with Crippen molar-refractivity contribution in [1.29, 1.82) is 0 Å². The van der Waals surface area contributed by atoms with E-state index in [4.69, 9.17) is 0 Å². The number of unbranched alkanes of at least 4 members (excludes halogenated alkanes) is 4. The van der Waals surface area contributed by atoms with Crippen LogP contribution in [0.1, 0.15) is 74.3 Å². The quantitative estimate of drug-likeness (QED) is 0.362. The summed E-state index contributed by atoms with van der Waals surface area (Å²) >= 11 is 1.69. The van der Waals surface area contributed by atoms with Crippen LogP contribution < -0.4 is 0 Å². The van der Waals surface area contributed by atoms with Crippen LogP contribution in [0.3, 0.4) is 0 Å². The van der Waals surface area contributed by atoms with Gasteiger partial charge in [0.05, 0.1) is 6.54 Å². The largest absolute Gasteiger partial charge is 0.332 e. The van der Waals surface area contributed by atoms with Gasteiger partial charge in [-0.25, -0.2) is 0 Å². The highest BCUT2D eigenvalue weighted by atomic mass is 32.1. The Kier molecular flexibility index (Phi) is 9.13. The van der Waals surface area contributed by atoms with Crippen molar-refractivity contribution in [3.8, 4) is 0 Å². The molecule has 1 fully saturated rings. The van der Waals surface area contributed by atoms with E-state index in [1.165, 1.54) is 29.7 Å². The summed E-state index contributed by atoms with van der Waals surface area (Å²) in [4.78, 5) is 31.3. The van der Waals surface area contributed by atoms with Crippen LogP contribution in [0.5, 0.6) is 0 Å². The molecule has 0 atom stereocenters. The van der Waals surface area contributed by atoms with Crippen molar-refractivity contribution in [1.82, 2.24) is 9.80 Å². The fourth-order valence-electron chi connectivity index (χ4n) is 3.85. The topological polar surface area (TPSA) is 40.6 Å². The van der Waals surface area contributed by atoms with Crippen LogP contribution in [0.2, 0.25) is 0 Å². The molecule has 0 unspecified atom stereocenters. The first-order chi connectivity index (χ1) is 15.1. The number of benzene rings is 1. The second-order valence-corrected chi connectivity index (χ2v) is 9.68. The molecular weight excluding hydrogens is 404 g/mol. The normalized spacial score (nSPS) is 13.2. The Morgan fingerprint density at radius 2 is 1.71 bits per heavy atom. The zero-order chi connectivity index (χ0) is 22.1. The highest BCUT2D eigenvalue weighted by Crippen LogP contribution is 2.28. The van der Waals surface area contributed by atoms with Crippen LogP contribution >= 0.6 is 11.3 Å². The zero-order valence-electron chi connectivity index (χ0n) is 19.0. The molecule has 0 N–H and O–H groups in total. The average Bonchev–Trinajstić information content (AvgIpc) is 3.54. The van der Waals surface area contributed by atoms with Crippen molar-refractivity contribution in [2.45, 2.75) is 84.3 Å². The number of hydrogen-bond donors (Lipinski definition) is 0. The molecule has 1 aromatic heterocycles. The van der Waals surface area contributed by atoms with Crippen molar-refractivity contribution in [3.63, 3.8) is 0 Å². The molecule has 3 rings (SSSR count). The summed E-state index contributed by atoms with van der Waals surface area (Å²) in [5, 5.41) is 2.08. The Bertz CT molecular complexity index is 829. The Morgan fingerprint density at radius 1 is 0.968 bits per heavy atom. The van der Waals surface area contributed by atoms with Crippen molar-refractivity contribution >= 4 is 23.2 Å². The number of rotatable bonds is 13. The van der Waals surface area contributed by atoms with Gasteiger partial charge < -0.3 is 9.80 Å². The van der Waals surface area contributed by atoms with E-state index in [0.29, 0.717) is 19.5 Å². The first kappa shape index (κ1) is 23.5. The number of hydrogen-bond acceptors (Lipinski definition) is 3. The predicted molar refractivity (Wildman–Crippen MR) is 128 cm³/mol. The molecule has 4 nitrogen and oxygen atoms in total. The minimum atomic E-state index is 0.0443. The molecule has 5 heteroatoms. The number of amides is 2. The van der Waals surface area contributed by atoms with Gasteiger partial charge in [-0.2, -0.15) is 0 Å². The molecule has 1 aromatic carbocycles. The van der Waals surface area contributed by atoms with Gasteiger partial charge in [-0.15, -0.1) is 11.3 Å². The molecule has 1 heterocycles. The number of thiophene rings is 1. The fourth-order valence-corrected chi connectivity index (χ4v) is 4.77. The van der Waals surface area contributed by atoms with Gasteiger partial charge in [-0.3, -0.25) is 9.59 Å². The van der Waals surface area contributed by atoms with E-state index in [9.17, 15) is 9.59 Å². The van der Waals surface area contributed by atoms with Gasteiger partial charge in [0, 0.05) is 23.9 Å². The van der Waals surface area contributed by atoms with Gasteiger partial charge in [0.15, 0.2) is 0 Å². The summed E-state index contributed by atoms with van der Waals surface area (Å²) < 4.78 is 0. The molecular formula is C26H36N2O2S. The maximum Gasteiger partial charge on any atom is 0.242 e. The summed E-state index contributed by atoms with van der Waals surface area (Å²) in [6.45, 7) is 5.66. The van der Waals surface area contributed by atoms with Crippen LogP contribution in [-0.4, -0.2) is 34.2 Å². The number of nitrogens with zero attached hydrogens (tertiary/aromatic N) is 2. The van der Waals surface area contributed by atoms with Crippen molar-refractivity contribution in [2.24, 2.45) is 0 Å². The molecule has 1 aliphatic rings. The highest BCUT2D eigenvalue weighted by Gasteiger charge is 2.34. The van der Waals surface area contributed by atoms with Gasteiger partial charge in [0.1, 0.15) is 6.54 Å². The van der Waals surface area contributed by atoms with Crippen molar-refractivity contribution < 1.29 is 9.59 Å².